The number of nitrogens with zero attached hydrogens (tertiary/aromatic N) is 1. The van der Waals surface area contributed by atoms with Crippen LogP contribution in [0.5, 0.6) is 0 Å². The highest BCUT2D eigenvalue weighted by atomic mass is 35.5. The summed E-state index contributed by atoms with van der Waals surface area (Å²) >= 11 is 7.62. The van der Waals surface area contributed by atoms with Gasteiger partial charge in [-0.2, -0.15) is 5.26 Å². The molecule has 84 valence electrons. The SMILES string of the molecule is N#Cc1cc(Cl)ccc1SC1CCOCC1. The molecule has 1 heterocycles. The van der Waals surface area contributed by atoms with Gasteiger partial charge in [0.15, 0.2) is 0 Å². The lowest BCUT2D eigenvalue weighted by Gasteiger charge is -2.21. The Morgan fingerprint density at radius 3 is 2.81 bits per heavy atom. The molecule has 16 heavy (non-hydrogen) atoms. The number of hydrogen-bond donors (Lipinski definition) is 0. The maximum absolute atomic E-state index is 9.03. The molecule has 0 amide bonds. The van der Waals surface area contributed by atoms with Gasteiger partial charge >= 0.3 is 0 Å². The lowest BCUT2D eigenvalue weighted by atomic mass is 10.2. The molecule has 0 aromatic heterocycles. The molecule has 0 spiro atoms. The van der Waals surface area contributed by atoms with Crippen molar-refractivity contribution < 1.29 is 4.74 Å². The maximum Gasteiger partial charge on any atom is 0.100 e. The second-order valence-corrected chi connectivity index (χ2v) is 5.46. The summed E-state index contributed by atoms with van der Waals surface area (Å²) in [6, 6.07) is 7.68. The average Bonchev–Trinajstić information content (AvgIpc) is 2.33. The highest BCUT2D eigenvalue weighted by molar-refractivity contribution is 8.00. The largest absolute Gasteiger partial charge is 0.381 e. The van der Waals surface area contributed by atoms with Crippen LogP contribution in [-0.2, 0) is 4.74 Å². The van der Waals surface area contributed by atoms with Gasteiger partial charge in [-0.25, -0.2) is 0 Å². The zero-order valence-corrected chi connectivity index (χ0v) is 10.4. The Labute approximate surface area is 105 Å². The third-order valence-corrected chi connectivity index (χ3v) is 4.17. The molecule has 0 saturated carbocycles. The summed E-state index contributed by atoms with van der Waals surface area (Å²) in [5.41, 5.74) is 0.670. The number of thioether (sulfide) groups is 1. The Balaban J connectivity index is 2.11. The first-order valence-electron chi connectivity index (χ1n) is 5.23. The Hall–Kier alpha value is -0.690. The van der Waals surface area contributed by atoms with E-state index >= 15 is 0 Å². The van der Waals surface area contributed by atoms with Crippen molar-refractivity contribution in [1.82, 2.24) is 0 Å². The molecule has 0 N–H and O–H groups in total. The van der Waals surface area contributed by atoms with E-state index in [0.29, 0.717) is 15.8 Å². The molecule has 0 aliphatic carbocycles. The normalized spacial score (nSPS) is 17.0. The minimum Gasteiger partial charge on any atom is -0.381 e. The molecular formula is C12H12ClNOS. The van der Waals surface area contributed by atoms with Crippen LogP contribution < -0.4 is 0 Å². The van der Waals surface area contributed by atoms with E-state index in [4.69, 9.17) is 21.6 Å². The van der Waals surface area contributed by atoms with E-state index in [1.165, 1.54) is 0 Å². The second kappa shape index (κ2) is 5.58. The zero-order chi connectivity index (χ0) is 11.4. The fourth-order valence-corrected chi connectivity index (χ4v) is 3.00. The van der Waals surface area contributed by atoms with E-state index < -0.39 is 0 Å². The van der Waals surface area contributed by atoms with Crippen molar-refractivity contribution in [2.75, 3.05) is 13.2 Å². The van der Waals surface area contributed by atoms with Gasteiger partial charge in [0.1, 0.15) is 6.07 Å². The van der Waals surface area contributed by atoms with Crippen molar-refractivity contribution in [3.8, 4) is 6.07 Å². The Morgan fingerprint density at radius 2 is 2.12 bits per heavy atom. The molecule has 1 saturated heterocycles. The van der Waals surface area contributed by atoms with Crippen molar-refractivity contribution in [2.24, 2.45) is 0 Å². The van der Waals surface area contributed by atoms with Crippen LogP contribution in [0.15, 0.2) is 23.1 Å². The van der Waals surface area contributed by atoms with E-state index in [1.54, 1.807) is 17.8 Å². The molecule has 0 radical (unpaired) electrons. The van der Waals surface area contributed by atoms with Gasteiger partial charge in [0.05, 0.1) is 5.56 Å². The van der Waals surface area contributed by atoms with Crippen LogP contribution in [-0.4, -0.2) is 18.5 Å². The molecule has 0 atom stereocenters. The molecule has 1 aliphatic heterocycles. The van der Waals surface area contributed by atoms with E-state index in [2.05, 4.69) is 6.07 Å². The monoisotopic (exact) mass is 253 g/mol. The van der Waals surface area contributed by atoms with Crippen LogP contribution in [0.3, 0.4) is 0 Å². The summed E-state index contributed by atoms with van der Waals surface area (Å²) in [5, 5.41) is 10.2. The molecule has 1 aromatic carbocycles. The molecule has 0 bridgehead atoms. The van der Waals surface area contributed by atoms with Crippen molar-refractivity contribution in [3.05, 3.63) is 28.8 Å². The summed E-state index contributed by atoms with van der Waals surface area (Å²) < 4.78 is 5.31. The number of nitriles is 1. The van der Waals surface area contributed by atoms with Gasteiger partial charge in [0.25, 0.3) is 0 Å². The number of rotatable bonds is 2. The van der Waals surface area contributed by atoms with Crippen LogP contribution >= 0.6 is 23.4 Å². The predicted molar refractivity (Wildman–Crippen MR) is 65.9 cm³/mol. The van der Waals surface area contributed by atoms with E-state index in [0.717, 1.165) is 31.0 Å². The molecule has 1 fully saturated rings. The minimum atomic E-state index is 0.557. The lowest BCUT2D eigenvalue weighted by molar-refractivity contribution is 0.100. The van der Waals surface area contributed by atoms with E-state index in [9.17, 15) is 0 Å². The number of hydrogen-bond acceptors (Lipinski definition) is 3. The second-order valence-electron chi connectivity index (χ2n) is 3.68. The lowest BCUT2D eigenvalue weighted by Crippen LogP contribution is -2.17. The summed E-state index contributed by atoms with van der Waals surface area (Å²) in [7, 11) is 0. The van der Waals surface area contributed by atoms with Gasteiger partial charge in [-0.15, -0.1) is 11.8 Å². The van der Waals surface area contributed by atoms with E-state index in [1.807, 2.05) is 12.1 Å². The predicted octanol–water partition coefficient (Wildman–Crippen LogP) is 3.48. The molecule has 2 nitrogen and oxygen atoms in total. The first kappa shape index (κ1) is 11.8. The highest BCUT2D eigenvalue weighted by Crippen LogP contribution is 2.32. The van der Waals surface area contributed by atoms with Gasteiger partial charge < -0.3 is 4.74 Å². The average molecular weight is 254 g/mol. The molecule has 0 unspecified atom stereocenters. The van der Waals surface area contributed by atoms with Crippen molar-refractivity contribution in [2.45, 2.75) is 23.0 Å². The first-order valence-corrected chi connectivity index (χ1v) is 6.49. The van der Waals surface area contributed by atoms with Gasteiger partial charge in [-0.1, -0.05) is 11.6 Å². The Morgan fingerprint density at radius 1 is 1.38 bits per heavy atom. The third kappa shape index (κ3) is 2.91. The molecule has 4 heteroatoms. The molecule has 2 rings (SSSR count). The summed E-state index contributed by atoms with van der Waals surface area (Å²) in [6.07, 6.45) is 2.11. The number of ether oxygens (including phenoxy) is 1. The first-order chi connectivity index (χ1) is 7.79. The summed E-state index contributed by atoms with van der Waals surface area (Å²) in [4.78, 5) is 1.03. The maximum atomic E-state index is 9.03. The fourth-order valence-electron chi connectivity index (χ4n) is 1.67. The fraction of sp³-hybridized carbons (Fsp3) is 0.417. The highest BCUT2D eigenvalue weighted by Gasteiger charge is 2.16. The quantitative estimate of drug-likeness (QED) is 0.809. The van der Waals surface area contributed by atoms with Gasteiger partial charge in [0.2, 0.25) is 0 Å². The Bertz CT molecular complexity index is 410. The number of halogens is 1. The standard InChI is InChI=1S/C12H12ClNOS/c13-10-1-2-12(9(7-10)8-14)16-11-3-5-15-6-4-11/h1-2,7,11H,3-6H2. The minimum absolute atomic E-state index is 0.557. The molecular weight excluding hydrogens is 242 g/mol. The topological polar surface area (TPSA) is 33.0 Å². The van der Waals surface area contributed by atoms with Crippen LogP contribution in [0.25, 0.3) is 0 Å². The van der Waals surface area contributed by atoms with Crippen LogP contribution in [0.1, 0.15) is 18.4 Å². The molecule has 1 aromatic rings. The van der Waals surface area contributed by atoms with Crippen molar-refractivity contribution in [1.29, 1.82) is 5.26 Å². The zero-order valence-electron chi connectivity index (χ0n) is 8.78. The van der Waals surface area contributed by atoms with Gasteiger partial charge in [-0.3, -0.25) is 0 Å². The number of benzene rings is 1. The van der Waals surface area contributed by atoms with Crippen LogP contribution in [0.2, 0.25) is 5.02 Å². The van der Waals surface area contributed by atoms with Gasteiger partial charge in [-0.05, 0) is 31.0 Å². The van der Waals surface area contributed by atoms with Crippen LogP contribution in [0, 0.1) is 11.3 Å². The smallest absolute Gasteiger partial charge is 0.100 e. The Kier molecular flexibility index (Phi) is 4.11. The van der Waals surface area contributed by atoms with Crippen molar-refractivity contribution in [3.63, 3.8) is 0 Å². The van der Waals surface area contributed by atoms with E-state index in [-0.39, 0.29) is 0 Å². The summed E-state index contributed by atoms with van der Waals surface area (Å²) in [5.74, 6) is 0. The van der Waals surface area contributed by atoms with Gasteiger partial charge in [0, 0.05) is 28.4 Å². The van der Waals surface area contributed by atoms with Crippen molar-refractivity contribution >= 4 is 23.4 Å². The summed E-state index contributed by atoms with van der Waals surface area (Å²) in [6.45, 7) is 1.65. The third-order valence-electron chi connectivity index (χ3n) is 2.52. The van der Waals surface area contributed by atoms with Crippen LogP contribution in [0.4, 0.5) is 0 Å². The molecule has 1 aliphatic rings.